The van der Waals surface area contributed by atoms with Crippen molar-refractivity contribution < 1.29 is 18.5 Å². The number of rotatable bonds is 25. The molecule has 0 bridgehead atoms. The molecule has 2 fully saturated rings. The Bertz CT molecular complexity index is 657. The van der Waals surface area contributed by atoms with Crippen molar-refractivity contribution >= 4 is 15.1 Å². The Kier molecular flexibility index (Phi) is 21.2. The zero-order valence-corrected chi connectivity index (χ0v) is 30.5. The van der Waals surface area contributed by atoms with Gasteiger partial charge in [0.15, 0.2) is 0 Å². The van der Waals surface area contributed by atoms with Crippen LogP contribution >= 0.6 is 15.1 Å². The number of hydrogen-bond acceptors (Lipinski definition) is 3. The summed E-state index contributed by atoms with van der Waals surface area (Å²) in [6, 6.07) is 0. The fraction of sp³-hybridized carbons (Fsp3) is 1.00. The Balaban J connectivity index is 2.16. The number of hydrogen-bond donors (Lipinski definition) is 1. The lowest BCUT2D eigenvalue weighted by molar-refractivity contribution is 0.0410. The Morgan fingerprint density at radius 3 is 1.48 bits per heavy atom. The fourth-order valence-electron chi connectivity index (χ4n) is 8.10. The molecule has 2 saturated carbocycles. The van der Waals surface area contributed by atoms with Crippen LogP contribution in [0.15, 0.2) is 0 Å². The maximum atomic E-state index is 12.9. The molecular formula is C36H73O4P2+. The van der Waals surface area contributed by atoms with Gasteiger partial charge in [0.2, 0.25) is 0 Å². The maximum Gasteiger partial charge on any atom is 0.472 e. The zero-order valence-electron chi connectivity index (χ0n) is 28.7. The van der Waals surface area contributed by atoms with Gasteiger partial charge in [-0.2, -0.15) is 0 Å². The third kappa shape index (κ3) is 15.2. The summed E-state index contributed by atoms with van der Waals surface area (Å²) < 4.78 is 24.5. The highest BCUT2D eigenvalue weighted by Gasteiger charge is 2.48. The Hall–Kier alpha value is 0.540. The van der Waals surface area contributed by atoms with Gasteiger partial charge in [0.1, 0.15) is 0 Å². The summed E-state index contributed by atoms with van der Waals surface area (Å²) in [5.41, 5.74) is 0.897. The fourth-order valence-corrected chi connectivity index (χ4v) is 15.5. The van der Waals surface area contributed by atoms with Crippen molar-refractivity contribution in [3.63, 3.8) is 0 Å². The van der Waals surface area contributed by atoms with Crippen molar-refractivity contribution in [3.05, 3.63) is 0 Å². The molecule has 0 radical (unpaired) electrons. The molecule has 2 aliphatic rings. The summed E-state index contributed by atoms with van der Waals surface area (Å²) in [5.74, 6) is 0.774. The summed E-state index contributed by atoms with van der Waals surface area (Å²) in [5, 5.41) is 0. The van der Waals surface area contributed by atoms with Gasteiger partial charge in [-0.3, -0.25) is 9.05 Å². The predicted molar refractivity (Wildman–Crippen MR) is 186 cm³/mol. The average molecular weight is 632 g/mol. The van der Waals surface area contributed by atoms with Crippen LogP contribution in [0.3, 0.4) is 0 Å². The molecule has 6 heteroatoms. The van der Waals surface area contributed by atoms with Crippen LogP contribution in [0.5, 0.6) is 0 Å². The second-order valence-corrected chi connectivity index (χ2v) is 19.9. The Labute approximate surface area is 263 Å². The second-order valence-electron chi connectivity index (χ2n) is 14.1. The van der Waals surface area contributed by atoms with Crippen molar-refractivity contribution in [2.24, 2.45) is 5.92 Å². The number of phosphoric ester groups is 1. The van der Waals surface area contributed by atoms with Gasteiger partial charge in [-0.05, 0) is 95.8 Å². The monoisotopic (exact) mass is 631 g/mol. The molecule has 0 aromatic carbocycles. The van der Waals surface area contributed by atoms with E-state index in [-0.39, 0.29) is 12.2 Å². The molecule has 0 aromatic rings. The third-order valence-corrected chi connectivity index (χ3v) is 17.4. The molecule has 0 saturated heterocycles. The summed E-state index contributed by atoms with van der Waals surface area (Å²) in [6.45, 7) is 9.38. The molecule has 1 N–H and O–H groups in total. The Morgan fingerprint density at radius 2 is 1.02 bits per heavy atom. The van der Waals surface area contributed by atoms with Gasteiger partial charge in [0.05, 0.1) is 36.4 Å². The van der Waals surface area contributed by atoms with Crippen LogP contribution in [-0.2, 0) is 13.6 Å². The quantitative estimate of drug-likeness (QED) is 0.0804. The molecule has 0 amide bonds. The van der Waals surface area contributed by atoms with Crippen LogP contribution in [-0.4, -0.2) is 41.2 Å². The summed E-state index contributed by atoms with van der Waals surface area (Å²) >= 11 is 0. The van der Waals surface area contributed by atoms with Gasteiger partial charge in [-0.1, -0.05) is 98.3 Å². The Morgan fingerprint density at radius 1 is 0.595 bits per heavy atom. The smallest absolute Gasteiger partial charge is 0.302 e. The van der Waals surface area contributed by atoms with Crippen LogP contribution < -0.4 is 0 Å². The molecule has 42 heavy (non-hydrogen) atoms. The molecule has 2 aliphatic carbocycles. The highest BCUT2D eigenvalue weighted by atomic mass is 31.2. The molecule has 250 valence electrons. The molecule has 0 heterocycles. The number of phosphoric acid groups is 1. The topological polar surface area (TPSA) is 55.8 Å². The van der Waals surface area contributed by atoms with Gasteiger partial charge in [-0.25, -0.2) is 4.57 Å². The summed E-state index contributed by atoms with van der Waals surface area (Å²) in [6.07, 6.45) is 35.9. The van der Waals surface area contributed by atoms with E-state index >= 15 is 0 Å². The third-order valence-electron chi connectivity index (χ3n) is 10.6. The molecular weight excluding hydrogens is 558 g/mol. The first kappa shape index (κ1) is 38.7. The molecule has 2 atom stereocenters. The van der Waals surface area contributed by atoms with Crippen molar-refractivity contribution in [2.75, 3.05) is 18.5 Å². The van der Waals surface area contributed by atoms with Crippen molar-refractivity contribution in [1.29, 1.82) is 0 Å². The zero-order chi connectivity index (χ0) is 30.5. The summed E-state index contributed by atoms with van der Waals surface area (Å²) in [7, 11) is -5.08. The van der Waals surface area contributed by atoms with Crippen LogP contribution in [0.25, 0.3) is 0 Å². The molecule has 2 unspecified atom stereocenters. The maximum absolute atomic E-state index is 12.9. The normalized spacial score (nSPS) is 22.7. The lowest BCUT2D eigenvalue weighted by atomic mass is 9.83. The van der Waals surface area contributed by atoms with Crippen LogP contribution in [0.2, 0.25) is 0 Å². The van der Waals surface area contributed by atoms with Crippen LogP contribution in [0.4, 0.5) is 0 Å². The van der Waals surface area contributed by atoms with Gasteiger partial charge < -0.3 is 4.89 Å². The molecule has 2 rings (SSSR count). The first-order valence-corrected chi connectivity index (χ1v) is 22.9. The minimum atomic E-state index is -3.98. The summed E-state index contributed by atoms with van der Waals surface area (Å²) in [4.78, 5) is 10.6. The lowest BCUT2D eigenvalue weighted by Gasteiger charge is -2.42. The minimum absolute atomic E-state index is 0.104. The van der Waals surface area contributed by atoms with E-state index in [0.29, 0.717) is 0 Å². The average Bonchev–Trinajstić information content (AvgIpc) is 2.98. The largest absolute Gasteiger partial charge is 0.472 e. The van der Waals surface area contributed by atoms with Gasteiger partial charge in [0, 0.05) is 7.26 Å². The van der Waals surface area contributed by atoms with E-state index in [1.54, 1.807) is 0 Å². The molecule has 0 aliphatic heterocycles. The van der Waals surface area contributed by atoms with Gasteiger partial charge >= 0.3 is 7.82 Å². The van der Waals surface area contributed by atoms with Crippen LogP contribution in [0, 0.1) is 5.92 Å². The van der Waals surface area contributed by atoms with E-state index in [1.807, 2.05) is 0 Å². The van der Waals surface area contributed by atoms with Crippen molar-refractivity contribution in [3.8, 4) is 0 Å². The first-order valence-electron chi connectivity index (χ1n) is 18.9. The van der Waals surface area contributed by atoms with E-state index in [9.17, 15) is 9.46 Å². The van der Waals surface area contributed by atoms with Crippen molar-refractivity contribution in [1.82, 2.24) is 0 Å². The highest BCUT2D eigenvalue weighted by molar-refractivity contribution is 7.76. The van der Waals surface area contributed by atoms with Crippen LogP contribution in [0.1, 0.15) is 188 Å². The van der Waals surface area contributed by atoms with Gasteiger partial charge in [-0.15, -0.1) is 0 Å². The highest BCUT2D eigenvalue weighted by Crippen LogP contribution is 2.69. The molecule has 0 aromatic heterocycles. The first-order chi connectivity index (χ1) is 20.4. The number of unbranched alkanes of at least 4 members (excludes halogenated alkanes) is 11. The minimum Gasteiger partial charge on any atom is -0.302 e. The van der Waals surface area contributed by atoms with E-state index < -0.39 is 15.1 Å². The van der Waals surface area contributed by atoms with E-state index in [1.165, 1.54) is 140 Å². The molecule has 4 nitrogen and oxygen atoms in total. The van der Waals surface area contributed by atoms with E-state index in [4.69, 9.17) is 9.05 Å². The van der Waals surface area contributed by atoms with Gasteiger partial charge in [0.25, 0.3) is 0 Å². The van der Waals surface area contributed by atoms with E-state index in [2.05, 4.69) is 27.7 Å². The lowest BCUT2D eigenvalue weighted by Crippen LogP contribution is -2.34. The standard InChI is InChI=1S/C36H72O4P2/c1-5-9-13-20-30-41(31-21-14-10-6-2,32-22-15-11-7-3)36(25-17-12-8-4)33-26-28-35(29-27-33)40-42(37,38)39-34-23-18-16-19-24-34/h33-36H,5-32H2,1-4H3/p+1. The SMILES string of the molecule is CCCCCC[P+](CCCCCC)(CCCCCC)C(CCCCC)C1CCC(OP(=O)(O)OC2CCCCC2)CC1. The second kappa shape index (κ2) is 23.0. The van der Waals surface area contributed by atoms with Crippen molar-refractivity contribution in [2.45, 2.75) is 206 Å². The predicted octanol–water partition coefficient (Wildman–Crippen LogP) is 12.7. The molecule has 0 spiro atoms. The van der Waals surface area contributed by atoms with E-state index in [0.717, 1.165) is 50.1 Å².